The first-order valence-corrected chi connectivity index (χ1v) is 13.7. The van der Waals surface area contributed by atoms with Crippen LogP contribution in [-0.2, 0) is 14.3 Å². The number of carbonyl (C=O) groups excluding carboxylic acids is 1. The summed E-state index contributed by atoms with van der Waals surface area (Å²) in [6.07, 6.45) is 4.80. The van der Waals surface area contributed by atoms with Crippen molar-refractivity contribution >= 4 is 5.78 Å². The van der Waals surface area contributed by atoms with Gasteiger partial charge in [0.1, 0.15) is 0 Å². The average molecular weight is 509 g/mol. The summed E-state index contributed by atoms with van der Waals surface area (Å²) < 4.78 is 11.3. The van der Waals surface area contributed by atoms with Crippen molar-refractivity contribution in [2.45, 2.75) is 121 Å². The third-order valence-electron chi connectivity index (χ3n) is 11.1. The molecule has 4 aliphatic rings. The van der Waals surface area contributed by atoms with Crippen LogP contribution in [0.5, 0.6) is 0 Å². The van der Waals surface area contributed by atoms with E-state index < -0.39 is 39.8 Å². The second-order valence-corrected chi connectivity index (χ2v) is 13.6. The van der Waals surface area contributed by atoms with Crippen LogP contribution in [0.3, 0.4) is 0 Å². The molecule has 10 atom stereocenters. The van der Waals surface area contributed by atoms with E-state index in [-0.39, 0.29) is 29.6 Å². The second-order valence-electron chi connectivity index (χ2n) is 13.6. The Morgan fingerprint density at radius 2 is 1.78 bits per heavy atom. The van der Waals surface area contributed by atoms with Crippen molar-refractivity contribution in [1.29, 1.82) is 0 Å². The van der Waals surface area contributed by atoms with Crippen LogP contribution in [0.2, 0.25) is 0 Å². The van der Waals surface area contributed by atoms with Gasteiger partial charge in [0.2, 0.25) is 0 Å². The van der Waals surface area contributed by atoms with Gasteiger partial charge >= 0.3 is 0 Å². The van der Waals surface area contributed by atoms with Crippen LogP contribution >= 0.6 is 0 Å². The van der Waals surface area contributed by atoms with Gasteiger partial charge in [0, 0.05) is 25.6 Å². The molecule has 0 amide bonds. The lowest BCUT2D eigenvalue weighted by molar-refractivity contribution is -0.182. The molecule has 0 radical (unpaired) electrons. The number of hydrogen-bond donors (Lipinski definition) is 4. The number of aliphatic hydroxyl groups is 4. The first-order valence-electron chi connectivity index (χ1n) is 13.7. The lowest BCUT2D eigenvalue weighted by atomic mass is 9.45. The van der Waals surface area contributed by atoms with E-state index in [0.29, 0.717) is 44.9 Å². The Kier molecular flexibility index (Phi) is 7.15. The van der Waals surface area contributed by atoms with E-state index in [0.717, 1.165) is 12.0 Å². The summed E-state index contributed by atoms with van der Waals surface area (Å²) in [6, 6.07) is 0. The Bertz CT molecular complexity index is 891. The minimum atomic E-state index is -1.22. The van der Waals surface area contributed by atoms with E-state index in [1.54, 1.807) is 41.1 Å². The van der Waals surface area contributed by atoms with E-state index in [1.807, 2.05) is 0 Å². The third kappa shape index (κ3) is 4.13. The van der Waals surface area contributed by atoms with E-state index in [1.165, 1.54) is 0 Å². The van der Waals surface area contributed by atoms with Crippen LogP contribution in [0.1, 0.15) is 86.0 Å². The molecular weight excluding hydrogens is 460 g/mol. The van der Waals surface area contributed by atoms with Crippen LogP contribution in [0.25, 0.3) is 0 Å². The van der Waals surface area contributed by atoms with Gasteiger partial charge < -0.3 is 29.9 Å². The minimum absolute atomic E-state index is 0.00263. The molecule has 3 saturated carbocycles. The van der Waals surface area contributed by atoms with E-state index in [4.69, 9.17) is 9.47 Å². The van der Waals surface area contributed by atoms with Gasteiger partial charge in [0.25, 0.3) is 0 Å². The van der Waals surface area contributed by atoms with Gasteiger partial charge in [-0.2, -0.15) is 0 Å². The minimum Gasteiger partial charge on any atom is -0.390 e. The number of carbonyl (C=O) groups is 1. The highest BCUT2D eigenvalue weighted by atomic mass is 16.5. The maximum atomic E-state index is 13.5. The summed E-state index contributed by atoms with van der Waals surface area (Å²) in [7, 11) is 3.17. The van der Waals surface area contributed by atoms with Crippen molar-refractivity contribution in [3.8, 4) is 0 Å². The van der Waals surface area contributed by atoms with E-state index >= 15 is 0 Å². The number of allylic oxidation sites excluding steroid dienone is 1. The van der Waals surface area contributed by atoms with Crippen molar-refractivity contribution in [3.05, 3.63) is 11.6 Å². The number of aliphatic hydroxyl groups excluding tert-OH is 1. The molecule has 0 aromatic heterocycles. The van der Waals surface area contributed by atoms with Gasteiger partial charge in [0.05, 0.1) is 35.1 Å². The standard InChI is InChI=1S/C29H48O7/c1-25(2,32)11-10-24(36-7)28(5,33)23-9-13-29(34)18-14-20(30)19-15-22(35-6)21(31)16-26(19,3)17(18)8-12-27(23,29)4/h14,17,19,21-24,31-34H,8-13,15-16H2,1-7H3/t17-,19-,21-,22+,23-,24?,26+,27+,28+,29+/m0/s1. The van der Waals surface area contributed by atoms with Gasteiger partial charge in [-0.05, 0) is 101 Å². The molecule has 1 unspecified atom stereocenters. The Morgan fingerprint density at radius 3 is 2.36 bits per heavy atom. The number of methoxy groups -OCH3 is 2. The molecule has 36 heavy (non-hydrogen) atoms. The zero-order valence-electron chi connectivity index (χ0n) is 23.2. The van der Waals surface area contributed by atoms with Crippen molar-refractivity contribution in [1.82, 2.24) is 0 Å². The fourth-order valence-electron chi connectivity index (χ4n) is 8.90. The summed E-state index contributed by atoms with van der Waals surface area (Å²) in [5.74, 6) is -0.444. The highest BCUT2D eigenvalue weighted by molar-refractivity contribution is 5.95. The quantitative estimate of drug-likeness (QED) is 0.417. The molecule has 0 aliphatic heterocycles. The number of ether oxygens (including phenoxy) is 2. The maximum absolute atomic E-state index is 13.5. The van der Waals surface area contributed by atoms with Gasteiger partial charge in [-0.1, -0.05) is 13.8 Å². The van der Waals surface area contributed by atoms with Crippen LogP contribution in [0.15, 0.2) is 11.6 Å². The number of ketones is 1. The lowest BCUT2D eigenvalue weighted by Crippen LogP contribution is -2.63. The zero-order valence-corrected chi connectivity index (χ0v) is 23.2. The molecule has 0 bridgehead atoms. The van der Waals surface area contributed by atoms with Crippen molar-refractivity contribution < 1.29 is 34.7 Å². The van der Waals surface area contributed by atoms with Crippen molar-refractivity contribution in [3.63, 3.8) is 0 Å². The Balaban J connectivity index is 1.67. The molecular formula is C29H48O7. The van der Waals surface area contributed by atoms with Gasteiger partial charge in [0.15, 0.2) is 5.78 Å². The molecule has 0 heterocycles. The molecule has 0 aromatic rings. The SMILES string of the molecule is COC(CCC(C)(C)O)[C@](C)(O)[C@H]1CC[C@@]2(O)C3=CC(=O)[C@@H]4C[C@@H](OC)[C@@H](O)C[C@]4(C)[C@H]3CC[C@]12C. The Labute approximate surface area is 216 Å². The molecule has 0 aromatic carbocycles. The first kappa shape index (κ1) is 28.2. The monoisotopic (exact) mass is 508 g/mol. The molecule has 3 fully saturated rings. The van der Waals surface area contributed by atoms with Crippen LogP contribution in [-0.4, -0.2) is 75.5 Å². The van der Waals surface area contributed by atoms with E-state index in [9.17, 15) is 25.2 Å². The first-order chi connectivity index (χ1) is 16.5. The van der Waals surface area contributed by atoms with Gasteiger partial charge in [-0.15, -0.1) is 0 Å². The Morgan fingerprint density at radius 1 is 1.11 bits per heavy atom. The number of rotatable bonds is 7. The number of hydrogen-bond acceptors (Lipinski definition) is 7. The summed E-state index contributed by atoms with van der Waals surface area (Å²) >= 11 is 0. The van der Waals surface area contributed by atoms with Crippen molar-refractivity contribution in [2.75, 3.05) is 14.2 Å². The molecule has 4 aliphatic carbocycles. The molecule has 7 heteroatoms. The largest absolute Gasteiger partial charge is 0.390 e. The summed E-state index contributed by atoms with van der Waals surface area (Å²) in [6.45, 7) is 9.48. The van der Waals surface area contributed by atoms with Crippen molar-refractivity contribution in [2.24, 2.45) is 28.6 Å². The maximum Gasteiger partial charge on any atom is 0.159 e. The highest BCUT2D eigenvalue weighted by Gasteiger charge is 2.69. The average Bonchev–Trinajstić information content (AvgIpc) is 3.05. The normalized spacial score (nSPS) is 45.2. The summed E-state index contributed by atoms with van der Waals surface area (Å²) in [5.41, 5.74) is -3.55. The smallest absolute Gasteiger partial charge is 0.159 e. The van der Waals surface area contributed by atoms with Crippen LogP contribution < -0.4 is 0 Å². The molecule has 4 rings (SSSR count). The Hall–Kier alpha value is -0.830. The van der Waals surface area contributed by atoms with Gasteiger partial charge in [-0.3, -0.25) is 4.79 Å². The molecule has 7 nitrogen and oxygen atoms in total. The topological polar surface area (TPSA) is 116 Å². The van der Waals surface area contributed by atoms with Crippen LogP contribution in [0, 0.1) is 28.6 Å². The lowest BCUT2D eigenvalue weighted by Gasteiger charge is -2.61. The van der Waals surface area contributed by atoms with E-state index in [2.05, 4.69) is 13.8 Å². The highest BCUT2D eigenvalue weighted by Crippen LogP contribution is 2.68. The predicted octanol–water partition coefficient (Wildman–Crippen LogP) is 3.16. The van der Waals surface area contributed by atoms with Gasteiger partial charge in [-0.25, -0.2) is 0 Å². The zero-order chi connectivity index (χ0) is 26.9. The second kappa shape index (κ2) is 9.13. The summed E-state index contributed by atoms with van der Waals surface area (Å²) in [5, 5.41) is 45.4. The third-order valence-corrected chi connectivity index (χ3v) is 11.1. The predicted molar refractivity (Wildman–Crippen MR) is 136 cm³/mol. The fraction of sp³-hybridized carbons (Fsp3) is 0.897. The summed E-state index contributed by atoms with van der Waals surface area (Å²) in [4.78, 5) is 13.5. The number of fused-ring (bicyclic) bond motifs is 5. The fourth-order valence-corrected chi connectivity index (χ4v) is 8.90. The molecule has 4 N–H and O–H groups in total. The molecule has 206 valence electrons. The molecule has 0 spiro atoms. The molecule has 0 saturated heterocycles. The van der Waals surface area contributed by atoms with Crippen LogP contribution in [0.4, 0.5) is 0 Å².